The fourth-order valence-electron chi connectivity index (χ4n) is 3.34. The van der Waals surface area contributed by atoms with Gasteiger partial charge in [0.05, 0.1) is 6.07 Å². The average molecular weight is 357 g/mol. The highest BCUT2D eigenvalue weighted by Gasteiger charge is 2.35. The monoisotopic (exact) mass is 356 g/mol. The van der Waals surface area contributed by atoms with Crippen molar-refractivity contribution in [2.45, 2.75) is 50.7 Å². The van der Waals surface area contributed by atoms with E-state index in [4.69, 9.17) is 16.3 Å². The van der Waals surface area contributed by atoms with E-state index in [9.17, 15) is 10.1 Å². The highest BCUT2D eigenvalue weighted by atomic mass is 35.5. The van der Waals surface area contributed by atoms with Crippen LogP contribution in [0.4, 0.5) is 0 Å². The Hall–Kier alpha value is -2.25. The third kappa shape index (κ3) is 3.72. The third-order valence-corrected chi connectivity index (χ3v) is 5.12. The van der Waals surface area contributed by atoms with E-state index in [0.29, 0.717) is 23.6 Å². The molecule has 0 radical (unpaired) electrons. The molecular weight excluding hydrogens is 336 g/mol. The van der Waals surface area contributed by atoms with Crippen molar-refractivity contribution in [3.63, 3.8) is 0 Å². The summed E-state index contributed by atoms with van der Waals surface area (Å²) in [6, 6.07) is 13.5. The van der Waals surface area contributed by atoms with Crippen LogP contribution < -0.4 is 10.1 Å². The minimum atomic E-state index is -0.755. The summed E-state index contributed by atoms with van der Waals surface area (Å²) in [7, 11) is 0. The number of fused-ring (bicyclic) bond motifs is 1. The van der Waals surface area contributed by atoms with Crippen molar-refractivity contribution in [1.82, 2.24) is 5.32 Å². The molecule has 0 spiro atoms. The summed E-state index contributed by atoms with van der Waals surface area (Å²) < 4.78 is 5.90. The normalized spacial score (nSPS) is 17.5. The third-order valence-electron chi connectivity index (χ3n) is 4.79. The highest BCUT2D eigenvalue weighted by molar-refractivity contribution is 6.35. The average Bonchev–Trinajstić information content (AvgIpc) is 2.65. The van der Waals surface area contributed by atoms with Gasteiger partial charge in [-0.3, -0.25) is 4.79 Å². The smallest absolute Gasteiger partial charge is 0.262 e. The molecule has 0 saturated heterocycles. The maximum atomic E-state index is 12.6. The first-order chi connectivity index (χ1) is 12.0. The second-order valence-corrected chi connectivity index (χ2v) is 7.00. The van der Waals surface area contributed by atoms with Crippen LogP contribution in [0, 0.1) is 11.3 Å². The summed E-state index contributed by atoms with van der Waals surface area (Å²) in [6.07, 6.45) is 3.74. The molecule has 3 rings (SSSR count). The maximum absolute atomic E-state index is 12.6. The number of benzene rings is 2. The molecular formula is C20H21ClN2O2. The zero-order chi connectivity index (χ0) is 17.9. The number of ether oxygens (including phenoxy) is 1. The predicted molar refractivity (Wildman–Crippen MR) is 98.6 cm³/mol. The van der Waals surface area contributed by atoms with Crippen molar-refractivity contribution in [3.05, 3.63) is 41.4 Å². The fraction of sp³-hybridized carbons (Fsp3) is 0.400. The molecule has 25 heavy (non-hydrogen) atoms. The molecule has 2 aromatic rings. The van der Waals surface area contributed by atoms with Gasteiger partial charge in [-0.15, -0.1) is 0 Å². The molecule has 2 aromatic carbocycles. The molecule has 0 heterocycles. The first-order valence-corrected chi connectivity index (χ1v) is 9.00. The number of amides is 1. The molecule has 1 saturated carbocycles. The summed E-state index contributed by atoms with van der Waals surface area (Å²) in [6.45, 7) is 1.70. The lowest BCUT2D eigenvalue weighted by atomic mass is 9.83. The van der Waals surface area contributed by atoms with Crippen molar-refractivity contribution >= 4 is 28.3 Å². The van der Waals surface area contributed by atoms with Gasteiger partial charge in [-0.1, -0.05) is 55.1 Å². The Balaban J connectivity index is 1.76. The van der Waals surface area contributed by atoms with Gasteiger partial charge in [-0.05, 0) is 31.9 Å². The number of nitrogens with zero attached hydrogens (tertiary/aromatic N) is 1. The van der Waals surface area contributed by atoms with E-state index >= 15 is 0 Å². The molecule has 0 aliphatic heterocycles. The topological polar surface area (TPSA) is 62.1 Å². The first-order valence-electron chi connectivity index (χ1n) is 8.62. The number of carbonyl (C=O) groups is 1. The van der Waals surface area contributed by atoms with Crippen LogP contribution in [0.25, 0.3) is 10.8 Å². The maximum Gasteiger partial charge on any atom is 0.262 e. The molecule has 4 nitrogen and oxygen atoms in total. The highest BCUT2D eigenvalue weighted by Crippen LogP contribution is 2.32. The molecule has 1 aliphatic rings. The molecule has 5 heteroatoms. The number of hydrogen-bond acceptors (Lipinski definition) is 3. The molecule has 0 aromatic heterocycles. The lowest BCUT2D eigenvalue weighted by Crippen LogP contribution is -2.52. The van der Waals surface area contributed by atoms with Gasteiger partial charge in [0, 0.05) is 15.8 Å². The zero-order valence-electron chi connectivity index (χ0n) is 14.2. The summed E-state index contributed by atoms with van der Waals surface area (Å²) in [5, 5.41) is 14.8. The van der Waals surface area contributed by atoms with Crippen molar-refractivity contribution in [1.29, 1.82) is 5.26 Å². The molecule has 1 N–H and O–H groups in total. The number of rotatable bonds is 4. The van der Waals surface area contributed by atoms with Gasteiger partial charge in [0.25, 0.3) is 5.91 Å². The zero-order valence-corrected chi connectivity index (χ0v) is 15.0. The van der Waals surface area contributed by atoms with Gasteiger partial charge in [-0.25, -0.2) is 0 Å². The Morgan fingerprint density at radius 2 is 1.88 bits per heavy atom. The lowest BCUT2D eigenvalue weighted by molar-refractivity contribution is -0.129. The minimum absolute atomic E-state index is 0.262. The Morgan fingerprint density at radius 3 is 2.56 bits per heavy atom. The fourth-order valence-corrected chi connectivity index (χ4v) is 3.57. The Kier molecular flexibility index (Phi) is 5.15. The molecule has 1 aliphatic carbocycles. The number of halogens is 1. The second kappa shape index (κ2) is 7.33. The van der Waals surface area contributed by atoms with Crippen molar-refractivity contribution in [2.75, 3.05) is 0 Å². The van der Waals surface area contributed by atoms with Crippen molar-refractivity contribution in [3.8, 4) is 11.8 Å². The quantitative estimate of drug-likeness (QED) is 0.870. The van der Waals surface area contributed by atoms with E-state index in [1.54, 1.807) is 19.1 Å². The van der Waals surface area contributed by atoms with Crippen molar-refractivity contribution < 1.29 is 9.53 Å². The SMILES string of the molecule is C[C@H](Oc1ccc(Cl)c2ccccc12)C(=O)NC1(C#N)CCCCC1. The van der Waals surface area contributed by atoms with Crippen LogP contribution in [0.2, 0.25) is 5.02 Å². The van der Waals surface area contributed by atoms with Gasteiger partial charge >= 0.3 is 0 Å². The van der Waals surface area contributed by atoms with Gasteiger partial charge in [0.1, 0.15) is 11.3 Å². The Morgan fingerprint density at radius 1 is 1.20 bits per heavy atom. The first kappa shape index (κ1) is 17.6. The summed E-state index contributed by atoms with van der Waals surface area (Å²) in [5.41, 5.74) is -0.755. The van der Waals surface area contributed by atoms with E-state index in [1.807, 2.05) is 24.3 Å². The number of hydrogen-bond donors (Lipinski definition) is 1. The van der Waals surface area contributed by atoms with Gasteiger partial charge in [-0.2, -0.15) is 5.26 Å². The van der Waals surface area contributed by atoms with Gasteiger partial charge < -0.3 is 10.1 Å². The van der Waals surface area contributed by atoms with Crippen LogP contribution in [0.15, 0.2) is 36.4 Å². The van der Waals surface area contributed by atoms with Crippen LogP contribution in [-0.4, -0.2) is 17.6 Å². The van der Waals surface area contributed by atoms with Crippen LogP contribution in [0.5, 0.6) is 5.75 Å². The van der Waals surface area contributed by atoms with Gasteiger partial charge in [0.15, 0.2) is 6.10 Å². The van der Waals surface area contributed by atoms with E-state index in [1.165, 1.54) is 0 Å². The Labute approximate surface area is 152 Å². The summed E-state index contributed by atoms with van der Waals surface area (Å²) >= 11 is 6.22. The number of nitrogens with one attached hydrogen (secondary N) is 1. The molecule has 0 bridgehead atoms. The largest absolute Gasteiger partial charge is 0.480 e. The van der Waals surface area contributed by atoms with E-state index < -0.39 is 11.6 Å². The molecule has 1 amide bonds. The van der Waals surface area contributed by atoms with E-state index in [-0.39, 0.29) is 5.91 Å². The van der Waals surface area contributed by atoms with E-state index in [2.05, 4.69) is 11.4 Å². The molecule has 1 fully saturated rings. The number of nitriles is 1. The Bertz CT molecular complexity index is 822. The summed E-state index contributed by atoms with van der Waals surface area (Å²) in [5.74, 6) is 0.347. The predicted octanol–water partition coefficient (Wildman–Crippen LogP) is 4.60. The molecule has 1 atom stereocenters. The van der Waals surface area contributed by atoms with Crippen LogP contribution in [0.1, 0.15) is 39.0 Å². The van der Waals surface area contributed by atoms with Gasteiger partial charge in [0.2, 0.25) is 0 Å². The molecule has 0 unspecified atom stereocenters. The number of carbonyl (C=O) groups excluding carboxylic acids is 1. The van der Waals surface area contributed by atoms with Crippen molar-refractivity contribution in [2.24, 2.45) is 0 Å². The molecule has 130 valence electrons. The summed E-state index contributed by atoms with van der Waals surface area (Å²) in [4.78, 5) is 12.6. The van der Waals surface area contributed by atoms with Crippen LogP contribution in [-0.2, 0) is 4.79 Å². The lowest BCUT2D eigenvalue weighted by Gasteiger charge is -2.32. The second-order valence-electron chi connectivity index (χ2n) is 6.60. The standard InChI is InChI=1S/C20H21ClN2O2/c1-14(19(24)23-20(13-22)11-5-2-6-12-20)25-18-10-9-17(21)15-7-3-4-8-16(15)18/h3-4,7-10,14H,2,5-6,11-12H2,1H3,(H,23,24)/t14-/m0/s1. The van der Waals surface area contributed by atoms with E-state index in [0.717, 1.165) is 30.0 Å². The van der Waals surface area contributed by atoms with Crippen LogP contribution >= 0.6 is 11.6 Å². The van der Waals surface area contributed by atoms with Crippen LogP contribution in [0.3, 0.4) is 0 Å². The minimum Gasteiger partial charge on any atom is -0.480 e.